The van der Waals surface area contributed by atoms with Crippen molar-refractivity contribution < 1.29 is 4.39 Å². The highest BCUT2D eigenvalue weighted by Crippen LogP contribution is 2.47. The van der Waals surface area contributed by atoms with Crippen LogP contribution in [0.25, 0.3) is 0 Å². The van der Waals surface area contributed by atoms with Gasteiger partial charge in [-0.05, 0) is 65.4 Å². The highest BCUT2D eigenvalue weighted by Gasteiger charge is 2.44. The van der Waals surface area contributed by atoms with E-state index < -0.39 is 0 Å². The minimum absolute atomic E-state index is 0.00216. The number of hydrogen-bond acceptors (Lipinski definition) is 2. The fourth-order valence-corrected chi connectivity index (χ4v) is 2.55. The Kier molecular flexibility index (Phi) is 5.86. The molecule has 1 aromatic carbocycles. The van der Waals surface area contributed by atoms with Gasteiger partial charge < -0.3 is 15.5 Å². The minimum Gasteiger partial charge on any atom is -0.357 e. The lowest BCUT2D eigenvalue weighted by molar-refractivity contribution is 0.204. The molecule has 0 spiro atoms. The van der Waals surface area contributed by atoms with Gasteiger partial charge >= 0.3 is 0 Å². The Hall–Kier alpha value is -1.62. The Balaban J connectivity index is 2.01. The van der Waals surface area contributed by atoms with Crippen molar-refractivity contribution in [1.82, 2.24) is 15.5 Å². The monoisotopic (exact) mass is 334 g/mol. The van der Waals surface area contributed by atoms with Crippen LogP contribution < -0.4 is 10.6 Å². The molecule has 0 unspecified atom stereocenters. The molecule has 4 nitrogen and oxygen atoms in total. The van der Waals surface area contributed by atoms with Crippen LogP contribution in [0, 0.1) is 5.82 Å². The van der Waals surface area contributed by atoms with Gasteiger partial charge in [-0.1, -0.05) is 12.1 Å². The van der Waals surface area contributed by atoms with Crippen LogP contribution in [0.1, 0.15) is 39.2 Å². The highest BCUT2D eigenvalue weighted by molar-refractivity contribution is 5.80. The topological polar surface area (TPSA) is 39.7 Å². The second-order valence-electron chi connectivity index (χ2n) is 7.55. The molecule has 1 aliphatic carbocycles. The second-order valence-corrected chi connectivity index (χ2v) is 7.55. The molecule has 134 valence electrons. The van der Waals surface area contributed by atoms with Gasteiger partial charge in [0.15, 0.2) is 5.96 Å². The van der Waals surface area contributed by atoms with Gasteiger partial charge in [-0.15, -0.1) is 0 Å². The van der Waals surface area contributed by atoms with E-state index in [1.54, 1.807) is 12.1 Å². The summed E-state index contributed by atoms with van der Waals surface area (Å²) in [5.74, 6) is 0.669. The molecule has 0 amide bonds. The van der Waals surface area contributed by atoms with Crippen LogP contribution >= 0.6 is 0 Å². The van der Waals surface area contributed by atoms with Gasteiger partial charge in [0.25, 0.3) is 0 Å². The van der Waals surface area contributed by atoms with Crippen molar-refractivity contribution in [1.29, 1.82) is 0 Å². The summed E-state index contributed by atoms with van der Waals surface area (Å²) in [5, 5.41) is 6.75. The van der Waals surface area contributed by atoms with E-state index in [-0.39, 0.29) is 16.8 Å². The van der Waals surface area contributed by atoms with Crippen molar-refractivity contribution in [3.05, 3.63) is 35.6 Å². The SMILES string of the molecule is CCNC(=NCC(C)(C)N(C)C)NCC1(c2cccc(F)c2)CC1. The Bertz CT molecular complexity index is 576. The Morgan fingerprint density at radius 3 is 2.54 bits per heavy atom. The summed E-state index contributed by atoms with van der Waals surface area (Å²) in [6.07, 6.45) is 2.18. The van der Waals surface area contributed by atoms with E-state index in [1.807, 2.05) is 6.07 Å². The van der Waals surface area contributed by atoms with E-state index in [0.29, 0.717) is 6.54 Å². The Morgan fingerprint density at radius 2 is 2.00 bits per heavy atom. The van der Waals surface area contributed by atoms with Crippen molar-refractivity contribution >= 4 is 5.96 Å². The smallest absolute Gasteiger partial charge is 0.191 e. The van der Waals surface area contributed by atoms with Crippen molar-refractivity contribution in [2.45, 2.75) is 44.6 Å². The maximum atomic E-state index is 13.5. The average Bonchev–Trinajstić information content (AvgIpc) is 3.31. The molecule has 0 saturated heterocycles. The lowest BCUT2D eigenvalue weighted by Gasteiger charge is -2.31. The number of benzene rings is 1. The minimum atomic E-state index is -0.160. The second kappa shape index (κ2) is 7.51. The van der Waals surface area contributed by atoms with Gasteiger partial charge in [-0.3, -0.25) is 4.99 Å². The number of aliphatic imine (C=N–C) groups is 1. The van der Waals surface area contributed by atoms with E-state index >= 15 is 0 Å². The first-order chi connectivity index (χ1) is 11.3. The summed E-state index contributed by atoms with van der Waals surface area (Å²) in [4.78, 5) is 6.90. The number of guanidine groups is 1. The molecule has 0 aromatic heterocycles. The number of nitrogens with one attached hydrogen (secondary N) is 2. The van der Waals surface area contributed by atoms with Crippen LogP contribution in [0.15, 0.2) is 29.3 Å². The Labute approximate surface area is 145 Å². The number of halogens is 1. The normalized spacial score (nSPS) is 17.0. The molecular weight excluding hydrogens is 303 g/mol. The molecule has 1 fully saturated rings. The zero-order chi connectivity index (χ0) is 17.8. The molecule has 0 aliphatic heterocycles. The van der Waals surface area contributed by atoms with Gasteiger partial charge in [0.2, 0.25) is 0 Å². The van der Waals surface area contributed by atoms with Crippen molar-refractivity contribution in [2.24, 2.45) is 4.99 Å². The maximum absolute atomic E-state index is 13.5. The quantitative estimate of drug-likeness (QED) is 0.595. The molecule has 24 heavy (non-hydrogen) atoms. The maximum Gasteiger partial charge on any atom is 0.191 e. The zero-order valence-electron chi connectivity index (χ0n) is 15.6. The highest BCUT2D eigenvalue weighted by atomic mass is 19.1. The van der Waals surface area contributed by atoms with Gasteiger partial charge in [0.05, 0.1) is 6.54 Å². The summed E-state index contributed by atoms with van der Waals surface area (Å²) < 4.78 is 13.5. The van der Waals surface area contributed by atoms with E-state index in [2.05, 4.69) is 50.4 Å². The van der Waals surface area contributed by atoms with Crippen molar-refractivity contribution in [3.8, 4) is 0 Å². The number of hydrogen-bond donors (Lipinski definition) is 2. The molecular formula is C19H31FN4. The third kappa shape index (κ3) is 4.69. The van der Waals surface area contributed by atoms with Crippen LogP contribution in [0.4, 0.5) is 4.39 Å². The van der Waals surface area contributed by atoms with Crippen LogP contribution in [0.5, 0.6) is 0 Å². The number of nitrogens with zero attached hydrogens (tertiary/aromatic N) is 2. The van der Waals surface area contributed by atoms with Crippen LogP contribution in [-0.2, 0) is 5.41 Å². The number of rotatable bonds is 7. The zero-order valence-corrected chi connectivity index (χ0v) is 15.6. The standard InChI is InChI=1S/C19H31FN4/c1-6-21-17(22-13-18(2,3)24(4)5)23-14-19(10-11-19)15-8-7-9-16(20)12-15/h7-9,12H,6,10-11,13-14H2,1-5H3,(H2,21,22,23). The number of likely N-dealkylation sites (N-methyl/N-ethyl adjacent to an activating group) is 1. The molecule has 1 aliphatic rings. The fraction of sp³-hybridized carbons (Fsp3) is 0.632. The van der Waals surface area contributed by atoms with Crippen LogP contribution in [0.3, 0.4) is 0 Å². The molecule has 1 saturated carbocycles. The average molecular weight is 334 g/mol. The van der Waals surface area contributed by atoms with Crippen molar-refractivity contribution in [2.75, 3.05) is 33.7 Å². The predicted molar refractivity (Wildman–Crippen MR) is 99.1 cm³/mol. The molecule has 0 heterocycles. The molecule has 0 bridgehead atoms. The third-order valence-corrected chi connectivity index (χ3v) is 5.06. The molecule has 2 rings (SSSR count). The summed E-state index contributed by atoms with van der Waals surface area (Å²) in [6, 6.07) is 6.98. The predicted octanol–water partition coefficient (Wildman–Crippen LogP) is 2.75. The summed E-state index contributed by atoms with van der Waals surface area (Å²) in [6.45, 7) is 8.73. The van der Waals surface area contributed by atoms with Crippen LogP contribution in [-0.4, -0.2) is 50.1 Å². The van der Waals surface area contributed by atoms with Crippen LogP contribution in [0.2, 0.25) is 0 Å². The van der Waals surface area contributed by atoms with E-state index in [0.717, 1.165) is 37.5 Å². The molecule has 1 aromatic rings. The first kappa shape index (κ1) is 18.7. The summed E-state index contributed by atoms with van der Waals surface area (Å²) >= 11 is 0. The van der Waals surface area contributed by atoms with Crippen molar-refractivity contribution in [3.63, 3.8) is 0 Å². The Morgan fingerprint density at radius 1 is 1.29 bits per heavy atom. The summed E-state index contributed by atoms with van der Waals surface area (Å²) in [5.41, 5.74) is 1.14. The fourth-order valence-electron chi connectivity index (χ4n) is 2.55. The van der Waals surface area contributed by atoms with E-state index in [1.165, 1.54) is 6.07 Å². The van der Waals surface area contributed by atoms with Gasteiger partial charge in [-0.2, -0.15) is 0 Å². The first-order valence-electron chi connectivity index (χ1n) is 8.75. The largest absolute Gasteiger partial charge is 0.357 e. The molecule has 2 N–H and O–H groups in total. The van der Waals surface area contributed by atoms with Gasteiger partial charge in [-0.25, -0.2) is 4.39 Å². The lowest BCUT2D eigenvalue weighted by atomic mass is 9.96. The van der Waals surface area contributed by atoms with Gasteiger partial charge in [0, 0.05) is 24.0 Å². The molecule has 5 heteroatoms. The van der Waals surface area contributed by atoms with E-state index in [4.69, 9.17) is 4.99 Å². The van der Waals surface area contributed by atoms with E-state index in [9.17, 15) is 4.39 Å². The molecule has 0 atom stereocenters. The third-order valence-electron chi connectivity index (χ3n) is 5.06. The first-order valence-corrected chi connectivity index (χ1v) is 8.75. The summed E-state index contributed by atoms with van der Waals surface area (Å²) in [7, 11) is 4.14. The van der Waals surface area contributed by atoms with Gasteiger partial charge in [0.1, 0.15) is 5.82 Å². The molecule has 0 radical (unpaired) electrons. The lowest BCUT2D eigenvalue weighted by Crippen LogP contribution is -2.45.